The van der Waals surface area contributed by atoms with Crippen LogP contribution in [0.25, 0.3) is 0 Å². The van der Waals surface area contributed by atoms with Gasteiger partial charge in [0.05, 0.1) is 12.1 Å². The minimum absolute atomic E-state index is 0. The van der Waals surface area contributed by atoms with Gasteiger partial charge >= 0.3 is 0 Å². The number of nitrogens with zero attached hydrogens (tertiary/aromatic N) is 1. The SMILES string of the molecule is C[C@@H](N)C(=O)NC(CN1CCCC1)c1ccccc1.Cl.Cl. The summed E-state index contributed by atoms with van der Waals surface area (Å²) in [5, 5.41) is 3.05. The van der Waals surface area contributed by atoms with E-state index < -0.39 is 6.04 Å². The molecule has 4 nitrogen and oxygen atoms in total. The van der Waals surface area contributed by atoms with Crippen LogP contribution in [0.2, 0.25) is 0 Å². The van der Waals surface area contributed by atoms with Crippen molar-refractivity contribution < 1.29 is 4.79 Å². The lowest BCUT2D eigenvalue weighted by Gasteiger charge is -2.25. The Morgan fingerprint density at radius 3 is 2.33 bits per heavy atom. The van der Waals surface area contributed by atoms with Gasteiger partial charge in [0.2, 0.25) is 5.91 Å². The topological polar surface area (TPSA) is 58.4 Å². The predicted molar refractivity (Wildman–Crippen MR) is 91.1 cm³/mol. The van der Waals surface area contributed by atoms with Crippen molar-refractivity contribution in [3.8, 4) is 0 Å². The van der Waals surface area contributed by atoms with Crippen molar-refractivity contribution >= 4 is 30.7 Å². The second-order valence-electron chi connectivity index (χ2n) is 5.27. The molecule has 120 valence electrons. The molecular formula is C15H25Cl2N3O. The number of halogens is 2. The highest BCUT2D eigenvalue weighted by atomic mass is 35.5. The summed E-state index contributed by atoms with van der Waals surface area (Å²) in [4.78, 5) is 14.2. The van der Waals surface area contributed by atoms with E-state index in [2.05, 4.69) is 22.3 Å². The number of likely N-dealkylation sites (tertiary alicyclic amines) is 1. The smallest absolute Gasteiger partial charge is 0.237 e. The lowest BCUT2D eigenvalue weighted by molar-refractivity contribution is -0.122. The molecule has 1 aromatic rings. The maximum Gasteiger partial charge on any atom is 0.237 e. The molecule has 2 rings (SSSR count). The molecule has 1 heterocycles. The van der Waals surface area contributed by atoms with Crippen LogP contribution < -0.4 is 11.1 Å². The van der Waals surface area contributed by atoms with Gasteiger partial charge in [0.15, 0.2) is 0 Å². The fraction of sp³-hybridized carbons (Fsp3) is 0.533. The number of hydrogen-bond acceptors (Lipinski definition) is 3. The van der Waals surface area contributed by atoms with Gasteiger partial charge in [0.1, 0.15) is 0 Å². The van der Waals surface area contributed by atoms with Gasteiger partial charge in [-0.25, -0.2) is 0 Å². The van der Waals surface area contributed by atoms with E-state index in [9.17, 15) is 4.79 Å². The van der Waals surface area contributed by atoms with Gasteiger partial charge in [0, 0.05) is 6.54 Å². The molecule has 2 atom stereocenters. The first-order valence-electron chi connectivity index (χ1n) is 7.00. The van der Waals surface area contributed by atoms with Crippen molar-refractivity contribution in [2.45, 2.75) is 31.8 Å². The Balaban J connectivity index is 0.00000200. The second kappa shape index (κ2) is 10.0. The fourth-order valence-corrected chi connectivity index (χ4v) is 2.45. The Kier molecular flexibility index (Phi) is 9.62. The molecule has 3 N–H and O–H groups in total. The molecule has 0 saturated carbocycles. The Bertz CT molecular complexity index is 409. The second-order valence-corrected chi connectivity index (χ2v) is 5.27. The molecule has 0 aliphatic carbocycles. The Morgan fingerprint density at radius 2 is 1.81 bits per heavy atom. The van der Waals surface area contributed by atoms with Crippen LogP contribution in [0.15, 0.2) is 30.3 Å². The van der Waals surface area contributed by atoms with Crippen molar-refractivity contribution in [1.82, 2.24) is 10.2 Å². The Hall–Kier alpha value is -0.810. The normalized spacial score (nSPS) is 17.2. The van der Waals surface area contributed by atoms with Crippen LogP contribution in [0.3, 0.4) is 0 Å². The average Bonchev–Trinajstić information content (AvgIpc) is 2.91. The van der Waals surface area contributed by atoms with Gasteiger partial charge in [0.25, 0.3) is 0 Å². The minimum atomic E-state index is -0.468. The molecule has 0 radical (unpaired) electrons. The van der Waals surface area contributed by atoms with E-state index >= 15 is 0 Å². The standard InChI is InChI=1S/C15H23N3O.2ClH/c1-12(16)15(19)17-14(11-18-9-5-6-10-18)13-7-3-2-4-8-13;;/h2-4,7-8,12,14H,5-6,9-11,16H2,1H3,(H,17,19);2*1H/t12-,14?;;/m1../s1. The summed E-state index contributed by atoms with van der Waals surface area (Å²) in [6.07, 6.45) is 2.51. The Morgan fingerprint density at radius 1 is 1.24 bits per heavy atom. The fourth-order valence-electron chi connectivity index (χ4n) is 2.45. The number of nitrogens with two attached hydrogens (primary N) is 1. The minimum Gasteiger partial charge on any atom is -0.347 e. The first-order chi connectivity index (χ1) is 9.16. The molecule has 0 bridgehead atoms. The zero-order valence-electron chi connectivity index (χ0n) is 12.3. The van der Waals surface area contributed by atoms with E-state index in [0.29, 0.717) is 0 Å². The van der Waals surface area contributed by atoms with E-state index in [1.54, 1.807) is 6.92 Å². The molecule has 1 saturated heterocycles. The molecule has 0 aromatic heterocycles. The highest BCUT2D eigenvalue weighted by molar-refractivity contribution is 5.85. The monoisotopic (exact) mass is 333 g/mol. The summed E-state index contributed by atoms with van der Waals surface area (Å²) >= 11 is 0. The zero-order chi connectivity index (χ0) is 13.7. The molecule has 1 aliphatic heterocycles. The molecule has 1 unspecified atom stereocenters. The average molecular weight is 334 g/mol. The van der Waals surface area contributed by atoms with Gasteiger partial charge < -0.3 is 16.0 Å². The van der Waals surface area contributed by atoms with Crippen LogP contribution in [-0.2, 0) is 4.79 Å². The molecule has 1 amide bonds. The molecule has 1 aliphatic rings. The lowest BCUT2D eigenvalue weighted by Crippen LogP contribution is -2.43. The van der Waals surface area contributed by atoms with Crippen LogP contribution in [0.1, 0.15) is 31.4 Å². The summed E-state index contributed by atoms with van der Waals surface area (Å²) in [5.74, 6) is -0.0898. The van der Waals surface area contributed by atoms with E-state index in [1.165, 1.54) is 12.8 Å². The van der Waals surface area contributed by atoms with E-state index in [4.69, 9.17) is 5.73 Å². The van der Waals surface area contributed by atoms with Crippen LogP contribution in [-0.4, -0.2) is 36.5 Å². The summed E-state index contributed by atoms with van der Waals surface area (Å²) in [6, 6.07) is 9.67. The van der Waals surface area contributed by atoms with Crippen LogP contribution in [0.5, 0.6) is 0 Å². The molecule has 0 spiro atoms. The zero-order valence-corrected chi connectivity index (χ0v) is 14.0. The van der Waals surface area contributed by atoms with E-state index in [1.807, 2.05) is 18.2 Å². The van der Waals surface area contributed by atoms with Crippen molar-refractivity contribution in [2.75, 3.05) is 19.6 Å². The molecule has 1 aromatic carbocycles. The number of hydrogen-bond donors (Lipinski definition) is 2. The van der Waals surface area contributed by atoms with Crippen molar-refractivity contribution in [2.24, 2.45) is 5.73 Å². The number of benzene rings is 1. The van der Waals surface area contributed by atoms with E-state index in [0.717, 1.165) is 25.2 Å². The third kappa shape index (κ3) is 6.22. The van der Waals surface area contributed by atoms with Gasteiger partial charge in [-0.3, -0.25) is 4.79 Å². The van der Waals surface area contributed by atoms with Gasteiger partial charge in [-0.1, -0.05) is 30.3 Å². The van der Waals surface area contributed by atoms with Gasteiger partial charge in [-0.15, -0.1) is 24.8 Å². The summed E-state index contributed by atoms with van der Waals surface area (Å²) < 4.78 is 0. The summed E-state index contributed by atoms with van der Waals surface area (Å²) in [7, 11) is 0. The maximum absolute atomic E-state index is 11.8. The summed E-state index contributed by atoms with van der Waals surface area (Å²) in [6.45, 7) is 4.82. The number of nitrogens with one attached hydrogen (secondary N) is 1. The largest absolute Gasteiger partial charge is 0.347 e. The van der Waals surface area contributed by atoms with Crippen LogP contribution in [0, 0.1) is 0 Å². The third-order valence-corrected chi connectivity index (χ3v) is 3.57. The van der Waals surface area contributed by atoms with Crippen molar-refractivity contribution in [3.05, 3.63) is 35.9 Å². The molecule has 6 heteroatoms. The Labute approximate surface area is 139 Å². The summed E-state index contributed by atoms with van der Waals surface area (Å²) in [5.41, 5.74) is 6.79. The first-order valence-corrected chi connectivity index (χ1v) is 7.00. The van der Waals surface area contributed by atoms with Gasteiger partial charge in [-0.05, 0) is 38.4 Å². The number of rotatable bonds is 5. The van der Waals surface area contributed by atoms with Crippen LogP contribution >= 0.6 is 24.8 Å². The van der Waals surface area contributed by atoms with Gasteiger partial charge in [-0.2, -0.15) is 0 Å². The number of amides is 1. The third-order valence-electron chi connectivity index (χ3n) is 3.57. The lowest BCUT2D eigenvalue weighted by atomic mass is 10.1. The highest BCUT2D eigenvalue weighted by Crippen LogP contribution is 2.17. The van der Waals surface area contributed by atoms with Crippen molar-refractivity contribution in [3.63, 3.8) is 0 Å². The van der Waals surface area contributed by atoms with E-state index in [-0.39, 0.29) is 36.8 Å². The first kappa shape index (κ1) is 20.2. The van der Waals surface area contributed by atoms with Crippen molar-refractivity contribution in [1.29, 1.82) is 0 Å². The molecule has 1 fully saturated rings. The number of carbonyl (C=O) groups excluding carboxylic acids is 1. The molecule has 21 heavy (non-hydrogen) atoms. The molecular weight excluding hydrogens is 309 g/mol. The maximum atomic E-state index is 11.8. The van der Waals surface area contributed by atoms with Crippen LogP contribution in [0.4, 0.5) is 0 Å². The quantitative estimate of drug-likeness (QED) is 0.867. The highest BCUT2D eigenvalue weighted by Gasteiger charge is 2.21. The number of carbonyl (C=O) groups is 1. The predicted octanol–water partition coefficient (Wildman–Crippen LogP) is 2.13.